The molecule has 1 aromatic carbocycles. The number of benzene rings is 1. The number of esters is 1. The van der Waals surface area contributed by atoms with Crippen molar-refractivity contribution in [1.29, 1.82) is 0 Å². The van der Waals surface area contributed by atoms with E-state index in [9.17, 15) is 4.79 Å². The van der Waals surface area contributed by atoms with Crippen molar-refractivity contribution in [3.05, 3.63) is 42.9 Å². The van der Waals surface area contributed by atoms with Crippen LogP contribution in [0.15, 0.2) is 47.9 Å². The number of fused-ring (bicyclic) bond motifs is 1. The summed E-state index contributed by atoms with van der Waals surface area (Å²) >= 11 is 1.42. The van der Waals surface area contributed by atoms with Crippen LogP contribution in [0.3, 0.4) is 0 Å². The summed E-state index contributed by atoms with van der Waals surface area (Å²) in [7, 11) is 0. The smallest absolute Gasteiger partial charge is 0.319 e. The van der Waals surface area contributed by atoms with Crippen molar-refractivity contribution in [2.45, 2.75) is 16.7 Å². The second-order valence-corrected chi connectivity index (χ2v) is 6.06. The van der Waals surface area contributed by atoms with Crippen LogP contribution in [0.2, 0.25) is 0 Å². The van der Waals surface area contributed by atoms with Crippen LogP contribution in [0.4, 0.5) is 0 Å². The summed E-state index contributed by atoms with van der Waals surface area (Å²) in [4.78, 5) is 20.3. The van der Waals surface area contributed by atoms with Crippen LogP contribution < -0.4 is 0 Å². The van der Waals surface area contributed by atoms with Gasteiger partial charge in [0.1, 0.15) is 16.6 Å². The molecular formula is C15H12N4O2S. The normalized spacial score (nSPS) is 17.8. The Bertz CT molecular complexity index is 834. The minimum absolute atomic E-state index is 0.174. The fourth-order valence-corrected chi connectivity index (χ4v) is 3.42. The number of hydrogen-bond acceptors (Lipinski definition) is 6. The maximum absolute atomic E-state index is 11.6. The molecule has 6 nitrogen and oxygen atoms in total. The van der Waals surface area contributed by atoms with E-state index in [1.165, 1.54) is 18.1 Å². The van der Waals surface area contributed by atoms with Crippen molar-refractivity contribution in [3.8, 4) is 5.69 Å². The first-order valence-corrected chi connectivity index (χ1v) is 7.78. The van der Waals surface area contributed by atoms with Gasteiger partial charge in [0.05, 0.1) is 23.9 Å². The first-order valence-electron chi connectivity index (χ1n) is 6.90. The molecule has 0 saturated carbocycles. The summed E-state index contributed by atoms with van der Waals surface area (Å²) in [5.41, 5.74) is 1.67. The molecule has 1 aliphatic rings. The average molecular weight is 312 g/mol. The second-order valence-electron chi connectivity index (χ2n) is 4.87. The predicted octanol–water partition coefficient (Wildman–Crippen LogP) is 2.22. The minimum atomic E-state index is -0.196. The molecule has 3 heterocycles. The monoisotopic (exact) mass is 312 g/mol. The van der Waals surface area contributed by atoms with E-state index in [0.717, 1.165) is 21.7 Å². The number of nitrogens with zero attached hydrogens (tertiary/aromatic N) is 4. The zero-order chi connectivity index (χ0) is 14.9. The molecule has 2 aromatic heterocycles. The lowest BCUT2D eigenvalue weighted by molar-refractivity contribution is -0.137. The van der Waals surface area contributed by atoms with Crippen molar-refractivity contribution >= 4 is 28.8 Å². The number of hydrogen-bond donors (Lipinski definition) is 0. The molecule has 22 heavy (non-hydrogen) atoms. The summed E-state index contributed by atoms with van der Waals surface area (Å²) in [5.74, 6) is -0.174. The van der Waals surface area contributed by atoms with Gasteiger partial charge in [0, 0.05) is 6.42 Å². The number of carbonyl (C=O) groups excluding carboxylic acids is 1. The van der Waals surface area contributed by atoms with Crippen LogP contribution in [0.5, 0.6) is 0 Å². The van der Waals surface area contributed by atoms with Gasteiger partial charge in [-0.15, -0.1) is 0 Å². The summed E-state index contributed by atoms with van der Waals surface area (Å²) < 4.78 is 6.77. The molecular weight excluding hydrogens is 300 g/mol. The minimum Gasteiger partial charge on any atom is -0.465 e. The maximum Gasteiger partial charge on any atom is 0.319 e. The average Bonchev–Trinajstić information content (AvgIpc) is 3.16. The molecule has 7 heteroatoms. The molecule has 4 rings (SSSR count). The molecule has 0 bridgehead atoms. The van der Waals surface area contributed by atoms with Gasteiger partial charge < -0.3 is 4.74 Å². The van der Waals surface area contributed by atoms with Gasteiger partial charge in [0.2, 0.25) is 0 Å². The van der Waals surface area contributed by atoms with Gasteiger partial charge in [-0.3, -0.25) is 4.79 Å². The molecule has 1 aliphatic heterocycles. The van der Waals surface area contributed by atoms with E-state index >= 15 is 0 Å². The van der Waals surface area contributed by atoms with Gasteiger partial charge in [0.15, 0.2) is 5.65 Å². The van der Waals surface area contributed by atoms with Crippen LogP contribution >= 0.6 is 11.8 Å². The third-order valence-corrected chi connectivity index (χ3v) is 4.73. The molecule has 0 amide bonds. The standard InChI is InChI=1S/C15H12N4O2S/c20-15-12(6-7-21-15)22-14-11-8-18-19(13(11)16-9-17-14)10-4-2-1-3-5-10/h1-5,8-9,12H,6-7H2/t12-/m1/s1. The van der Waals surface area contributed by atoms with E-state index in [-0.39, 0.29) is 11.2 Å². The summed E-state index contributed by atoms with van der Waals surface area (Å²) in [5, 5.41) is 5.81. The second kappa shape index (κ2) is 5.42. The van der Waals surface area contributed by atoms with Gasteiger partial charge in [-0.2, -0.15) is 5.10 Å². The molecule has 0 spiro atoms. The van der Waals surface area contributed by atoms with Crippen molar-refractivity contribution < 1.29 is 9.53 Å². The summed E-state index contributed by atoms with van der Waals surface area (Å²) in [6.45, 7) is 0.480. The highest BCUT2D eigenvalue weighted by atomic mass is 32.2. The van der Waals surface area contributed by atoms with Gasteiger partial charge >= 0.3 is 5.97 Å². The lowest BCUT2D eigenvalue weighted by Gasteiger charge is -2.06. The Balaban J connectivity index is 1.75. The van der Waals surface area contributed by atoms with Crippen LogP contribution in [0.25, 0.3) is 16.7 Å². The van der Waals surface area contributed by atoms with E-state index in [0.29, 0.717) is 13.0 Å². The van der Waals surface area contributed by atoms with Crippen molar-refractivity contribution in [2.75, 3.05) is 6.61 Å². The van der Waals surface area contributed by atoms with Crippen LogP contribution in [-0.2, 0) is 9.53 Å². The number of ether oxygens (including phenoxy) is 1. The highest BCUT2D eigenvalue weighted by Gasteiger charge is 2.29. The number of thioether (sulfide) groups is 1. The molecule has 110 valence electrons. The van der Waals surface area contributed by atoms with Crippen LogP contribution in [0.1, 0.15) is 6.42 Å². The number of aromatic nitrogens is 4. The Labute approximate surface area is 130 Å². The molecule has 1 fully saturated rings. The van der Waals surface area contributed by atoms with Crippen molar-refractivity contribution in [3.63, 3.8) is 0 Å². The van der Waals surface area contributed by atoms with Crippen LogP contribution in [0, 0.1) is 0 Å². The quantitative estimate of drug-likeness (QED) is 0.545. The fourth-order valence-electron chi connectivity index (χ4n) is 2.39. The van der Waals surface area contributed by atoms with E-state index < -0.39 is 0 Å². The largest absolute Gasteiger partial charge is 0.465 e. The van der Waals surface area contributed by atoms with Gasteiger partial charge in [-0.1, -0.05) is 30.0 Å². The first kappa shape index (κ1) is 13.3. The SMILES string of the molecule is O=C1OCC[C@H]1Sc1ncnc2c1cnn2-c1ccccc1. The Morgan fingerprint density at radius 3 is 2.86 bits per heavy atom. The summed E-state index contributed by atoms with van der Waals surface area (Å²) in [6.07, 6.45) is 3.96. The number of para-hydroxylation sites is 1. The zero-order valence-electron chi connectivity index (χ0n) is 11.5. The molecule has 1 saturated heterocycles. The Kier molecular flexibility index (Phi) is 3.27. The van der Waals surface area contributed by atoms with E-state index in [1.807, 2.05) is 30.3 Å². The van der Waals surface area contributed by atoms with Crippen molar-refractivity contribution in [2.24, 2.45) is 0 Å². The molecule has 0 aliphatic carbocycles. The number of carbonyl (C=O) groups is 1. The Morgan fingerprint density at radius 1 is 1.23 bits per heavy atom. The predicted molar refractivity (Wildman–Crippen MR) is 81.9 cm³/mol. The third-order valence-electron chi connectivity index (χ3n) is 3.47. The molecule has 1 atom stereocenters. The van der Waals surface area contributed by atoms with Gasteiger partial charge in [-0.05, 0) is 12.1 Å². The lowest BCUT2D eigenvalue weighted by Crippen LogP contribution is -2.09. The van der Waals surface area contributed by atoms with E-state index in [2.05, 4.69) is 15.1 Å². The molecule has 3 aromatic rings. The number of cyclic esters (lactones) is 1. The van der Waals surface area contributed by atoms with Crippen LogP contribution in [-0.4, -0.2) is 37.6 Å². The van der Waals surface area contributed by atoms with Gasteiger partial charge in [-0.25, -0.2) is 14.6 Å². The lowest BCUT2D eigenvalue weighted by atomic mass is 10.3. The van der Waals surface area contributed by atoms with E-state index in [1.54, 1.807) is 10.9 Å². The third kappa shape index (κ3) is 2.23. The van der Waals surface area contributed by atoms with Gasteiger partial charge in [0.25, 0.3) is 0 Å². The Hall–Kier alpha value is -2.41. The maximum atomic E-state index is 11.6. The molecule has 0 unspecified atom stereocenters. The van der Waals surface area contributed by atoms with Crippen molar-refractivity contribution in [1.82, 2.24) is 19.7 Å². The zero-order valence-corrected chi connectivity index (χ0v) is 12.4. The molecule has 0 radical (unpaired) electrons. The van der Waals surface area contributed by atoms with E-state index in [4.69, 9.17) is 4.74 Å². The molecule has 0 N–H and O–H groups in total. The highest BCUT2D eigenvalue weighted by Crippen LogP contribution is 2.32. The fraction of sp³-hybridized carbons (Fsp3) is 0.200. The number of rotatable bonds is 3. The Morgan fingerprint density at radius 2 is 2.09 bits per heavy atom. The topological polar surface area (TPSA) is 69.9 Å². The first-order chi connectivity index (χ1) is 10.8. The highest BCUT2D eigenvalue weighted by molar-refractivity contribution is 8.00. The summed E-state index contributed by atoms with van der Waals surface area (Å²) in [6, 6.07) is 9.80.